The molecule has 2 atom stereocenters. The molecule has 7 nitrogen and oxygen atoms in total. The highest BCUT2D eigenvalue weighted by Crippen LogP contribution is 2.27. The van der Waals surface area contributed by atoms with Crippen LogP contribution >= 0.6 is 0 Å². The maximum absolute atomic E-state index is 12.2. The van der Waals surface area contributed by atoms with Gasteiger partial charge in [0.25, 0.3) is 5.56 Å². The van der Waals surface area contributed by atoms with E-state index in [1.165, 1.54) is 11.6 Å². The van der Waals surface area contributed by atoms with E-state index in [1.807, 2.05) is 36.4 Å². The summed E-state index contributed by atoms with van der Waals surface area (Å²) in [5.41, 5.74) is -1.12. The second kappa shape index (κ2) is 6.85. The summed E-state index contributed by atoms with van der Waals surface area (Å²) in [5, 5.41) is 12.6. The zero-order chi connectivity index (χ0) is 18.0. The second-order valence-corrected chi connectivity index (χ2v) is 6.19. The Balaban J connectivity index is 1.90. The predicted octanol–water partition coefficient (Wildman–Crippen LogP) is 1.37. The van der Waals surface area contributed by atoms with Gasteiger partial charge in [-0.2, -0.15) is 5.26 Å². The smallest absolute Gasteiger partial charge is 0.332 e. The SMILES string of the molecule is Cn1c(N[C@@H]2CCC[C@H]2Oc2ccccc2)c(C#N)c(=O)n(C)c1=O. The lowest BCUT2D eigenvalue weighted by Crippen LogP contribution is -2.42. The standard InChI is InChI=1S/C18H20N4O3/c1-21-16(13(11-19)17(23)22(2)18(21)24)20-14-9-6-10-15(14)25-12-7-4-3-5-8-12/h3-5,7-8,14-15,20H,6,9-10H2,1-2H3/t14-,15-/m1/s1. The third-order valence-corrected chi connectivity index (χ3v) is 4.58. The summed E-state index contributed by atoms with van der Waals surface area (Å²) in [6, 6.07) is 11.4. The van der Waals surface area contributed by atoms with E-state index < -0.39 is 11.2 Å². The summed E-state index contributed by atoms with van der Waals surface area (Å²) in [6.07, 6.45) is 2.59. The fraction of sp³-hybridized carbons (Fsp3) is 0.389. The van der Waals surface area contributed by atoms with Gasteiger partial charge in [-0.05, 0) is 31.4 Å². The summed E-state index contributed by atoms with van der Waals surface area (Å²) in [5.74, 6) is 1.03. The average molecular weight is 340 g/mol. The topological polar surface area (TPSA) is 89.1 Å². The van der Waals surface area contributed by atoms with Crippen LogP contribution in [0.15, 0.2) is 39.9 Å². The third kappa shape index (κ3) is 3.15. The molecule has 0 amide bonds. The van der Waals surface area contributed by atoms with Crippen LogP contribution in [0.5, 0.6) is 5.75 Å². The molecular formula is C18H20N4O3. The minimum absolute atomic E-state index is 0.0602. The van der Waals surface area contributed by atoms with Crippen LogP contribution in [0.2, 0.25) is 0 Å². The van der Waals surface area contributed by atoms with Crippen LogP contribution in [-0.4, -0.2) is 21.3 Å². The molecule has 130 valence electrons. The van der Waals surface area contributed by atoms with Crippen molar-refractivity contribution in [1.82, 2.24) is 9.13 Å². The van der Waals surface area contributed by atoms with Crippen molar-refractivity contribution in [3.05, 3.63) is 56.7 Å². The molecule has 0 unspecified atom stereocenters. The number of aromatic nitrogens is 2. The number of hydrogen-bond donors (Lipinski definition) is 1. The van der Waals surface area contributed by atoms with Gasteiger partial charge in [-0.25, -0.2) is 4.79 Å². The third-order valence-electron chi connectivity index (χ3n) is 4.58. The maximum atomic E-state index is 12.2. The monoisotopic (exact) mass is 340 g/mol. The Morgan fingerprint density at radius 1 is 1.16 bits per heavy atom. The molecule has 1 N–H and O–H groups in total. The molecule has 0 spiro atoms. The number of nitrogens with zero attached hydrogens (tertiary/aromatic N) is 3. The molecule has 3 rings (SSSR count). The quantitative estimate of drug-likeness (QED) is 0.908. The van der Waals surface area contributed by atoms with Crippen molar-refractivity contribution in [3.63, 3.8) is 0 Å². The van der Waals surface area contributed by atoms with Crippen LogP contribution < -0.4 is 21.3 Å². The summed E-state index contributed by atoms with van der Waals surface area (Å²) in [6.45, 7) is 0. The molecule has 0 aliphatic heterocycles. The Bertz CT molecular complexity index is 924. The summed E-state index contributed by atoms with van der Waals surface area (Å²) < 4.78 is 8.29. The molecule has 0 radical (unpaired) electrons. The number of nitriles is 1. The van der Waals surface area contributed by atoms with Crippen LogP contribution in [0.1, 0.15) is 24.8 Å². The number of ether oxygens (including phenoxy) is 1. The number of rotatable bonds is 4. The van der Waals surface area contributed by atoms with Crippen LogP contribution in [0.3, 0.4) is 0 Å². The lowest BCUT2D eigenvalue weighted by molar-refractivity contribution is 0.198. The second-order valence-electron chi connectivity index (χ2n) is 6.19. The van der Waals surface area contributed by atoms with Crippen molar-refractivity contribution in [2.24, 2.45) is 14.1 Å². The molecule has 25 heavy (non-hydrogen) atoms. The lowest BCUT2D eigenvalue weighted by atomic mass is 10.2. The first-order valence-electron chi connectivity index (χ1n) is 8.21. The van der Waals surface area contributed by atoms with Gasteiger partial charge in [0.15, 0.2) is 5.56 Å². The minimum atomic E-state index is -0.591. The Labute approximate surface area is 145 Å². The van der Waals surface area contributed by atoms with Crippen LogP contribution in [0.4, 0.5) is 5.82 Å². The van der Waals surface area contributed by atoms with Gasteiger partial charge in [0.2, 0.25) is 0 Å². The van der Waals surface area contributed by atoms with Gasteiger partial charge >= 0.3 is 5.69 Å². The van der Waals surface area contributed by atoms with Gasteiger partial charge in [-0.3, -0.25) is 13.9 Å². The van der Waals surface area contributed by atoms with Crippen molar-refractivity contribution in [3.8, 4) is 11.8 Å². The maximum Gasteiger partial charge on any atom is 0.332 e. The summed E-state index contributed by atoms with van der Waals surface area (Å²) in [4.78, 5) is 24.4. The number of anilines is 1. The van der Waals surface area contributed by atoms with Gasteiger partial charge in [-0.15, -0.1) is 0 Å². The highest BCUT2D eigenvalue weighted by molar-refractivity contribution is 5.52. The van der Waals surface area contributed by atoms with E-state index in [-0.39, 0.29) is 23.5 Å². The lowest BCUT2D eigenvalue weighted by Gasteiger charge is -2.24. The fourth-order valence-corrected chi connectivity index (χ4v) is 3.20. The molecule has 0 saturated heterocycles. The highest BCUT2D eigenvalue weighted by Gasteiger charge is 2.31. The summed E-state index contributed by atoms with van der Waals surface area (Å²) >= 11 is 0. The van der Waals surface area contributed by atoms with E-state index in [0.717, 1.165) is 29.6 Å². The normalized spacial score (nSPS) is 19.4. The van der Waals surface area contributed by atoms with Gasteiger partial charge < -0.3 is 10.1 Å². The molecule has 1 aromatic carbocycles. The zero-order valence-corrected chi connectivity index (χ0v) is 14.2. The van der Waals surface area contributed by atoms with Crippen molar-refractivity contribution in [2.45, 2.75) is 31.4 Å². The minimum Gasteiger partial charge on any atom is -0.488 e. The van der Waals surface area contributed by atoms with E-state index in [1.54, 1.807) is 7.05 Å². The molecule has 1 aliphatic rings. The van der Waals surface area contributed by atoms with Gasteiger partial charge in [0, 0.05) is 14.1 Å². The molecule has 1 heterocycles. The van der Waals surface area contributed by atoms with Crippen molar-refractivity contribution in [1.29, 1.82) is 5.26 Å². The van der Waals surface area contributed by atoms with E-state index in [0.29, 0.717) is 0 Å². The number of para-hydroxylation sites is 1. The van der Waals surface area contributed by atoms with Crippen molar-refractivity contribution < 1.29 is 4.74 Å². The Kier molecular flexibility index (Phi) is 4.61. The molecule has 2 aromatic rings. The van der Waals surface area contributed by atoms with Crippen LogP contribution in [-0.2, 0) is 14.1 Å². The van der Waals surface area contributed by atoms with E-state index in [9.17, 15) is 14.9 Å². The molecule has 1 aromatic heterocycles. The molecule has 0 bridgehead atoms. The van der Waals surface area contributed by atoms with E-state index >= 15 is 0 Å². The fourth-order valence-electron chi connectivity index (χ4n) is 3.20. The summed E-state index contributed by atoms with van der Waals surface area (Å²) in [7, 11) is 2.92. The molecule has 7 heteroatoms. The average Bonchev–Trinajstić information content (AvgIpc) is 3.06. The number of nitrogens with one attached hydrogen (secondary N) is 1. The van der Waals surface area contributed by atoms with Crippen LogP contribution in [0.25, 0.3) is 0 Å². The first kappa shape index (κ1) is 16.8. The number of benzene rings is 1. The van der Waals surface area contributed by atoms with E-state index in [4.69, 9.17) is 4.74 Å². The van der Waals surface area contributed by atoms with Gasteiger partial charge in [-0.1, -0.05) is 18.2 Å². The van der Waals surface area contributed by atoms with Gasteiger partial charge in [0.05, 0.1) is 6.04 Å². The Morgan fingerprint density at radius 3 is 2.56 bits per heavy atom. The molecular weight excluding hydrogens is 320 g/mol. The Morgan fingerprint density at radius 2 is 1.88 bits per heavy atom. The first-order chi connectivity index (χ1) is 12.0. The van der Waals surface area contributed by atoms with Gasteiger partial charge in [0.1, 0.15) is 23.7 Å². The largest absolute Gasteiger partial charge is 0.488 e. The number of hydrogen-bond acceptors (Lipinski definition) is 5. The molecule has 1 saturated carbocycles. The Hall–Kier alpha value is -3.01. The predicted molar refractivity (Wildman–Crippen MR) is 93.8 cm³/mol. The van der Waals surface area contributed by atoms with Crippen molar-refractivity contribution in [2.75, 3.05) is 5.32 Å². The highest BCUT2D eigenvalue weighted by atomic mass is 16.5. The zero-order valence-electron chi connectivity index (χ0n) is 14.2. The molecule has 1 aliphatic carbocycles. The van der Waals surface area contributed by atoms with Crippen molar-refractivity contribution >= 4 is 5.82 Å². The molecule has 1 fully saturated rings. The van der Waals surface area contributed by atoms with E-state index in [2.05, 4.69) is 5.32 Å². The van der Waals surface area contributed by atoms with Crippen LogP contribution in [0, 0.1) is 11.3 Å². The first-order valence-corrected chi connectivity index (χ1v) is 8.21.